The van der Waals surface area contributed by atoms with Gasteiger partial charge in [0.1, 0.15) is 5.82 Å². The van der Waals surface area contributed by atoms with E-state index in [9.17, 15) is 4.39 Å². The highest BCUT2D eigenvalue weighted by Gasteiger charge is 2.15. The first-order valence-electron chi connectivity index (χ1n) is 7.92. The molecule has 3 heteroatoms. The predicted octanol–water partition coefficient (Wildman–Crippen LogP) is 3.66. The molecule has 1 unspecified atom stereocenters. The van der Waals surface area contributed by atoms with Gasteiger partial charge in [-0.15, -0.1) is 0 Å². The van der Waals surface area contributed by atoms with Crippen LogP contribution in [0.3, 0.4) is 0 Å². The number of nitrogens with one attached hydrogen (secondary N) is 1. The highest BCUT2D eigenvalue weighted by molar-refractivity contribution is 5.25. The fourth-order valence-corrected chi connectivity index (χ4v) is 2.95. The number of hydrogen-bond donors (Lipinski definition) is 1. The number of benzene rings is 1. The molecule has 2 rings (SSSR count). The number of piperidine rings is 1. The van der Waals surface area contributed by atoms with Crippen LogP contribution >= 0.6 is 0 Å². The van der Waals surface area contributed by atoms with Gasteiger partial charge in [0.15, 0.2) is 0 Å². The van der Waals surface area contributed by atoms with Gasteiger partial charge in [0, 0.05) is 6.04 Å². The minimum absolute atomic E-state index is 0.0941. The van der Waals surface area contributed by atoms with Crippen LogP contribution in [-0.4, -0.2) is 31.1 Å². The third-order valence-electron chi connectivity index (χ3n) is 4.23. The van der Waals surface area contributed by atoms with Crippen molar-refractivity contribution >= 4 is 0 Å². The second kappa shape index (κ2) is 7.75. The molecular weight excluding hydrogens is 251 g/mol. The molecule has 1 fully saturated rings. The molecule has 0 amide bonds. The number of halogens is 1. The van der Waals surface area contributed by atoms with Crippen LogP contribution in [0.2, 0.25) is 0 Å². The van der Waals surface area contributed by atoms with Crippen LogP contribution in [0.1, 0.15) is 49.8 Å². The first kappa shape index (κ1) is 15.5. The summed E-state index contributed by atoms with van der Waals surface area (Å²) in [6, 6.07) is 5.90. The van der Waals surface area contributed by atoms with E-state index in [0.717, 1.165) is 30.6 Å². The Bertz CT molecular complexity index is 413. The number of nitrogens with zero attached hydrogens (tertiary/aromatic N) is 1. The lowest BCUT2D eigenvalue weighted by Gasteiger charge is -2.28. The maximum Gasteiger partial charge on any atom is 0.126 e. The van der Waals surface area contributed by atoms with E-state index in [1.165, 1.54) is 32.4 Å². The van der Waals surface area contributed by atoms with Crippen LogP contribution < -0.4 is 5.32 Å². The van der Waals surface area contributed by atoms with Crippen molar-refractivity contribution in [2.75, 3.05) is 26.2 Å². The van der Waals surface area contributed by atoms with Crippen molar-refractivity contribution in [2.24, 2.45) is 0 Å². The lowest BCUT2D eigenvalue weighted by Crippen LogP contribution is -2.33. The summed E-state index contributed by atoms with van der Waals surface area (Å²) < 4.78 is 13.7. The molecule has 0 bridgehead atoms. The van der Waals surface area contributed by atoms with Gasteiger partial charge in [-0.25, -0.2) is 4.39 Å². The van der Waals surface area contributed by atoms with Gasteiger partial charge in [0.05, 0.1) is 0 Å². The topological polar surface area (TPSA) is 15.3 Å². The smallest absolute Gasteiger partial charge is 0.126 e. The predicted molar refractivity (Wildman–Crippen MR) is 82.5 cm³/mol. The van der Waals surface area contributed by atoms with Gasteiger partial charge in [-0.2, -0.15) is 0 Å². The Morgan fingerprint density at radius 3 is 2.65 bits per heavy atom. The van der Waals surface area contributed by atoms with Crippen molar-refractivity contribution in [1.29, 1.82) is 0 Å². The summed E-state index contributed by atoms with van der Waals surface area (Å²) in [4.78, 5) is 2.54. The molecule has 0 radical (unpaired) electrons. The average Bonchev–Trinajstić information content (AvgIpc) is 2.47. The Morgan fingerprint density at radius 2 is 2.00 bits per heavy atom. The Morgan fingerprint density at radius 1 is 1.25 bits per heavy atom. The molecule has 1 saturated heterocycles. The molecule has 1 aromatic rings. The van der Waals surface area contributed by atoms with Crippen molar-refractivity contribution in [3.8, 4) is 0 Å². The summed E-state index contributed by atoms with van der Waals surface area (Å²) in [6.45, 7) is 8.39. The van der Waals surface area contributed by atoms with Gasteiger partial charge < -0.3 is 10.2 Å². The van der Waals surface area contributed by atoms with E-state index in [4.69, 9.17) is 0 Å². The van der Waals surface area contributed by atoms with Crippen LogP contribution in [0.25, 0.3) is 0 Å². The number of hydrogen-bond acceptors (Lipinski definition) is 2. The summed E-state index contributed by atoms with van der Waals surface area (Å²) in [7, 11) is 0. The average molecular weight is 278 g/mol. The number of aryl methyl sites for hydroxylation is 1. The zero-order valence-corrected chi connectivity index (χ0v) is 12.8. The van der Waals surface area contributed by atoms with Crippen LogP contribution in [0.5, 0.6) is 0 Å². The van der Waals surface area contributed by atoms with Crippen molar-refractivity contribution in [1.82, 2.24) is 10.2 Å². The molecule has 1 atom stereocenters. The fraction of sp³-hybridized carbons (Fsp3) is 0.647. The summed E-state index contributed by atoms with van der Waals surface area (Å²) in [5.74, 6) is -0.0941. The largest absolute Gasteiger partial charge is 0.310 e. The van der Waals surface area contributed by atoms with E-state index in [1.807, 2.05) is 13.0 Å². The molecule has 112 valence electrons. The molecule has 2 nitrogen and oxygen atoms in total. The standard InChI is InChI=1S/C17H27FN2/c1-3-19-17(9-12-20-10-5-4-6-11-20)15-8-7-14(2)16(18)13-15/h7-8,13,17,19H,3-6,9-12H2,1-2H3. The van der Waals surface area contributed by atoms with E-state index in [-0.39, 0.29) is 11.9 Å². The lowest BCUT2D eigenvalue weighted by atomic mass is 10.0. The van der Waals surface area contributed by atoms with Gasteiger partial charge in [-0.05, 0) is 69.6 Å². The minimum Gasteiger partial charge on any atom is -0.310 e. The number of likely N-dealkylation sites (tertiary alicyclic amines) is 1. The van der Waals surface area contributed by atoms with Crippen LogP contribution in [0.15, 0.2) is 18.2 Å². The zero-order chi connectivity index (χ0) is 14.4. The van der Waals surface area contributed by atoms with E-state index >= 15 is 0 Å². The highest BCUT2D eigenvalue weighted by atomic mass is 19.1. The Labute approximate surface area is 122 Å². The lowest BCUT2D eigenvalue weighted by molar-refractivity contribution is 0.217. The first-order chi connectivity index (χ1) is 9.70. The molecule has 20 heavy (non-hydrogen) atoms. The Kier molecular flexibility index (Phi) is 5.99. The number of rotatable bonds is 6. The third kappa shape index (κ3) is 4.29. The van der Waals surface area contributed by atoms with Crippen molar-refractivity contribution in [3.63, 3.8) is 0 Å². The summed E-state index contributed by atoms with van der Waals surface area (Å²) in [6.07, 6.45) is 5.07. The molecule has 1 heterocycles. The van der Waals surface area contributed by atoms with Crippen LogP contribution in [-0.2, 0) is 0 Å². The molecule has 0 saturated carbocycles. The highest BCUT2D eigenvalue weighted by Crippen LogP contribution is 2.21. The molecular formula is C17H27FN2. The molecule has 1 aromatic carbocycles. The maximum absolute atomic E-state index is 13.7. The zero-order valence-electron chi connectivity index (χ0n) is 12.8. The van der Waals surface area contributed by atoms with Gasteiger partial charge >= 0.3 is 0 Å². The monoisotopic (exact) mass is 278 g/mol. The second-order valence-corrected chi connectivity index (χ2v) is 5.81. The third-order valence-corrected chi connectivity index (χ3v) is 4.23. The molecule has 1 aliphatic rings. The molecule has 0 aliphatic carbocycles. The molecule has 1 aliphatic heterocycles. The Hall–Kier alpha value is -0.930. The second-order valence-electron chi connectivity index (χ2n) is 5.81. The molecule has 0 aromatic heterocycles. The van der Waals surface area contributed by atoms with E-state index in [0.29, 0.717) is 0 Å². The van der Waals surface area contributed by atoms with Gasteiger partial charge in [0.2, 0.25) is 0 Å². The summed E-state index contributed by atoms with van der Waals surface area (Å²) >= 11 is 0. The first-order valence-corrected chi connectivity index (χ1v) is 7.92. The minimum atomic E-state index is -0.0941. The van der Waals surface area contributed by atoms with Crippen molar-refractivity contribution < 1.29 is 4.39 Å². The van der Waals surface area contributed by atoms with Gasteiger partial charge in [-0.3, -0.25) is 0 Å². The van der Waals surface area contributed by atoms with Crippen molar-refractivity contribution in [3.05, 3.63) is 35.1 Å². The quantitative estimate of drug-likeness (QED) is 0.854. The SMILES string of the molecule is CCNC(CCN1CCCCC1)c1ccc(C)c(F)c1. The van der Waals surface area contributed by atoms with E-state index in [1.54, 1.807) is 6.07 Å². The summed E-state index contributed by atoms with van der Waals surface area (Å²) in [5, 5.41) is 3.49. The van der Waals surface area contributed by atoms with E-state index < -0.39 is 0 Å². The van der Waals surface area contributed by atoms with E-state index in [2.05, 4.69) is 23.2 Å². The Balaban J connectivity index is 1.96. The van der Waals surface area contributed by atoms with Gasteiger partial charge in [-0.1, -0.05) is 25.5 Å². The van der Waals surface area contributed by atoms with Gasteiger partial charge in [0.25, 0.3) is 0 Å². The molecule has 0 spiro atoms. The molecule has 1 N–H and O–H groups in total. The van der Waals surface area contributed by atoms with Crippen LogP contribution in [0, 0.1) is 12.7 Å². The maximum atomic E-state index is 13.7. The normalized spacial score (nSPS) is 18.1. The summed E-state index contributed by atoms with van der Waals surface area (Å²) in [5.41, 5.74) is 1.80. The van der Waals surface area contributed by atoms with Crippen LogP contribution in [0.4, 0.5) is 4.39 Å². The van der Waals surface area contributed by atoms with Crippen molar-refractivity contribution in [2.45, 2.75) is 45.6 Å². The fourth-order valence-electron chi connectivity index (χ4n) is 2.95.